The topological polar surface area (TPSA) is 26.3 Å². The van der Waals surface area contributed by atoms with E-state index >= 15 is 0 Å². The maximum Gasteiger partial charge on any atom is 0.186 e. The molecule has 0 atom stereocenters. The Hall–Kier alpha value is -3.13. The quantitative estimate of drug-likeness (QED) is 0.501. The molecule has 0 spiro atoms. The second-order valence-corrected chi connectivity index (χ2v) is 10.6. The normalized spacial score (nSPS) is 16.5. The van der Waals surface area contributed by atoms with E-state index in [0.717, 1.165) is 28.0 Å². The van der Waals surface area contributed by atoms with Crippen molar-refractivity contribution in [1.29, 1.82) is 0 Å². The number of hydrogen-bond donors (Lipinski definition) is 0. The number of fused-ring (bicyclic) bond motifs is 1. The predicted octanol–water partition coefficient (Wildman–Crippen LogP) is 7.42. The van der Waals surface area contributed by atoms with Crippen molar-refractivity contribution in [3.8, 4) is 5.75 Å². The zero-order chi connectivity index (χ0) is 23.3. The Kier molecular flexibility index (Phi) is 5.36. The van der Waals surface area contributed by atoms with Crippen molar-refractivity contribution in [3.05, 3.63) is 100 Å². The molecule has 0 radical (unpaired) electrons. The van der Waals surface area contributed by atoms with Gasteiger partial charge in [0.15, 0.2) is 5.78 Å². The van der Waals surface area contributed by atoms with Crippen molar-refractivity contribution in [3.63, 3.8) is 0 Å². The number of methoxy groups -OCH3 is 1. The van der Waals surface area contributed by atoms with Crippen LogP contribution in [-0.2, 0) is 4.79 Å². The van der Waals surface area contributed by atoms with Crippen molar-refractivity contribution >= 4 is 16.9 Å². The fourth-order valence-corrected chi connectivity index (χ4v) is 4.40. The molecule has 2 aliphatic rings. The van der Waals surface area contributed by atoms with Gasteiger partial charge >= 0.3 is 0 Å². The zero-order valence-electron chi connectivity index (χ0n) is 20.2. The summed E-state index contributed by atoms with van der Waals surface area (Å²) < 4.78 is 5.34. The van der Waals surface area contributed by atoms with Crippen molar-refractivity contribution in [2.75, 3.05) is 7.11 Å². The smallest absolute Gasteiger partial charge is 0.186 e. The molecule has 0 aliphatic heterocycles. The minimum absolute atomic E-state index is 0.167. The van der Waals surface area contributed by atoms with Gasteiger partial charge in [-0.2, -0.15) is 0 Å². The van der Waals surface area contributed by atoms with Crippen LogP contribution >= 0.6 is 0 Å². The van der Waals surface area contributed by atoms with Crippen LogP contribution in [-0.4, -0.2) is 12.9 Å². The summed E-state index contributed by atoms with van der Waals surface area (Å²) in [6.45, 7) is 12.7. The minimum atomic E-state index is -0.228. The van der Waals surface area contributed by atoms with E-state index in [2.05, 4.69) is 96.2 Å². The van der Waals surface area contributed by atoms with Gasteiger partial charge < -0.3 is 4.74 Å². The van der Waals surface area contributed by atoms with Crippen LogP contribution in [0.2, 0.25) is 0 Å². The van der Waals surface area contributed by atoms with Gasteiger partial charge in [-0.15, -0.1) is 0 Å². The van der Waals surface area contributed by atoms with Gasteiger partial charge in [0, 0.05) is 11.1 Å². The van der Waals surface area contributed by atoms with Gasteiger partial charge in [0.1, 0.15) is 5.75 Å². The molecule has 0 fully saturated rings. The van der Waals surface area contributed by atoms with E-state index in [1.54, 1.807) is 7.11 Å². The highest BCUT2D eigenvalue weighted by molar-refractivity contribution is 6.13. The molecule has 0 saturated carbocycles. The maximum absolute atomic E-state index is 13.4. The standard InChI is InChI=1S/C30H32O2/c1-29(2,3)26-16-20(17-27(28(26)31)30(4,5)6)25-18-24(22-10-8-9-11-23(22)25)19-12-14-21(32-7)15-13-19/h8-18H,1-7H3. The second-order valence-electron chi connectivity index (χ2n) is 10.6. The van der Waals surface area contributed by atoms with Crippen molar-refractivity contribution in [2.24, 2.45) is 10.8 Å². The first-order valence-electron chi connectivity index (χ1n) is 11.2. The molecule has 2 aromatic carbocycles. The first kappa shape index (κ1) is 22.1. The predicted molar refractivity (Wildman–Crippen MR) is 134 cm³/mol. The number of ketones is 1. The number of rotatable bonds is 2. The van der Waals surface area contributed by atoms with E-state index in [1.165, 1.54) is 22.3 Å². The molecule has 4 rings (SSSR count). The fourth-order valence-electron chi connectivity index (χ4n) is 4.40. The van der Waals surface area contributed by atoms with Gasteiger partial charge in [-0.1, -0.05) is 77.9 Å². The molecule has 0 N–H and O–H groups in total. The SMILES string of the molecule is COc1ccc(C2=CC(=C3C=C(C(C)(C)C)C(=O)C(C(C)(C)C)=C3)c3ccccc32)cc1. The highest BCUT2D eigenvalue weighted by Gasteiger charge is 2.35. The minimum Gasteiger partial charge on any atom is -0.497 e. The third-order valence-electron chi connectivity index (χ3n) is 6.21. The molecule has 2 aromatic rings. The Balaban J connectivity index is 1.97. The van der Waals surface area contributed by atoms with Gasteiger partial charge in [0.25, 0.3) is 0 Å². The van der Waals surface area contributed by atoms with Crippen LogP contribution in [0.1, 0.15) is 58.2 Å². The van der Waals surface area contributed by atoms with Crippen LogP contribution in [0.15, 0.2) is 83.5 Å². The molecule has 0 amide bonds. The lowest BCUT2D eigenvalue weighted by atomic mass is 9.71. The Morgan fingerprint density at radius 1 is 0.688 bits per heavy atom. The molecule has 0 unspecified atom stereocenters. The number of ether oxygens (including phenoxy) is 1. The molecule has 0 bridgehead atoms. The molecule has 0 saturated heterocycles. The first-order chi connectivity index (χ1) is 15.0. The molecule has 0 heterocycles. The van der Waals surface area contributed by atoms with E-state index in [1.807, 2.05) is 12.1 Å². The van der Waals surface area contributed by atoms with E-state index < -0.39 is 0 Å². The zero-order valence-corrected chi connectivity index (χ0v) is 20.2. The Bertz CT molecular complexity index is 1160. The summed E-state index contributed by atoms with van der Waals surface area (Å²) in [4.78, 5) is 13.4. The summed E-state index contributed by atoms with van der Waals surface area (Å²) in [5.41, 5.74) is 8.33. The first-order valence-corrected chi connectivity index (χ1v) is 11.2. The molecule has 164 valence electrons. The lowest BCUT2D eigenvalue weighted by molar-refractivity contribution is -0.114. The fraction of sp³-hybridized carbons (Fsp3) is 0.300. The van der Waals surface area contributed by atoms with Gasteiger partial charge in [0.2, 0.25) is 0 Å². The van der Waals surface area contributed by atoms with E-state index in [9.17, 15) is 4.79 Å². The van der Waals surface area contributed by atoms with Crippen LogP contribution < -0.4 is 4.74 Å². The molecule has 2 heteroatoms. The molecular formula is C30H32O2. The number of allylic oxidation sites excluding steroid dienone is 7. The third kappa shape index (κ3) is 3.90. The second kappa shape index (κ2) is 7.78. The molecule has 2 nitrogen and oxygen atoms in total. The summed E-state index contributed by atoms with van der Waals surface area (Å²) in [6.07, 6.45) is 6.49. The number of hydrogen-bond acceptors (Lipinski definition) is 2. The van der Waals surface area contributed by atoms with E-state index in [-0.39, 0.29) is 16.6 Å². The Morgan fingerprint density at radius 2 is 1.22 bits per heavy atom. The molecular weight excluding hydrogens is 392 g/mol. The lowest BCUT2D eigenvalue weighted by Crippen LogP contribution is -2.28. The highest BCUT2D eigenvalue weighted by atomic mass is 16.5. The third-order valence-corrected chi connectivity index (χ3v) is 6.21. The van der Waals surface area contributed by atoms with Crippen LogP contribution in [0.25, 0.3) is 11.1 Å². The number of benzene rings is 2. The summed E-state index contributed by atoms with van der Waals surface area (Å²) in [5, 5.41) is 0. The Labute approximate surface area is 192 Å². The maximum atomic E-state index is 13.4. The van der Waals surface area contributed by atoms with Crippen LogP contribution in [0.4, 0.5) is 0 Å². The van der Waals surface area contributed by atoms with Gasteiger partial charge in [-0.25, -0.2) is 0 Å². The molecule has 0 aromatic heterocycles. The van der Waals surface area contributed by atoms with Crippen molar-refractivity contribution in [2.45, 2.75) is 41.5 Å². The average molecular weight is 425 g/mol. The van der Waals surface area contributed by atoms with Gasteiger partial charge in [-0.3, -0.25) is 4.79 Å². The number of carbonyl (C=O) groups excluding carboxylic acids is 1. The molecule has 32 heavy (non-hydrogen) atoms. The van der Waals surface area contributed by atoms with Crippen LogP contribution in [0, 0.1) is 10.8 Å². The number of Topliss-reactive ketones (excluding diaryl/α,β-unsaturated/α-hetero) is 1. The number of carbonyl (C=O) groups is 1. The largest absolute Gasteiger partial charge is 0.497 e. The van der Waals surface area contributed by atoms with Crippen LogP contribution in [0.3, 0.4) is 0 Å². The highest BCUT2D eigenvalue weighted by Crippen LogP contribution is 2.45. The van der Waals surface area contributed by atoms with E-state index in [0.29, 0.717) is 0 Å². The summed E-state index contributed by atoms with van der Waals surface area (Å²) in [5.74, 6) is 1.01. The summed E-state index contributed by atoms with van der Waals surface area (Å²) in [6, 6.07) is 16.7. The lowest BCUT2D eigenvalue weighted by Gasteiger charge is -2.31. The van der Waals surface area contributed by atoms with E-state index in [4.69, 9.17) is 4.74 Å². The summed E-state index contributed by atoms with van der Waals surface area (Å²) >= 11 is 0. The van der Waals surface area contributed by atoms with Gasteiger partial charge in [0.05, 0.1) is 7.11 Å². The monoisotopic (exact) mass is 424 g/mol. The van der Waals surface area contributed by atoms with Crippen LogP contribution in [0.5, 0.6) is 5.75 Å². The van der Waals surface area contributed by atoms with Crippen molar-refractivity contribution in [1.82, 2.24) is 0 Å². The summed E-state index contributed by atoms with van der Waals surface area (Å²) in [7, 11) is 1.68. The Morgan fingerprint density at radius 3 is 1.72 bits per heavy atom. The van der Waals surface area contributed by atoms with Gasteiger partial charge in [-0.05, 0) is 74.6 Å². The molecule has 2 aliphatic carbocycles. The van der Waals surface area contributed by atoms with Crippen molar-refractivity contribution < 1.29 is 9.53 Å². The average Bonchev–Trinajstić information content (AvgIpc) is 3.12.